The number of rotatable bonds is 5. The molecule has 1 N–H and O–H groups in total. The van der Waals surface area contributed by atoms with Gasteiger partial charge in [-0.2, -0.15) is 5.10 Å². The number of carbonyl (C=O) groups is 1. The van der Waals surface area contributed by atoms with Crippen molar-refractivity contribution in [1.82, 2.24) is 9.99 Å². The van der Waals surface area contributed by atoms with E-state index in [-0.39, 0.29) is 5.91 Å². The zero-order chi connectivity index (χ0) is 20.3. The maximum Gasteiger partial charge on any atom is 0.275 e. The molecule has 0 aliphatic carbocycles. The quantitative estimate of drug-likeness (QED) is 0.374. The van der Waals surface area contributed by atoms with Gasteiger partial charge >= 0.3 is 0 Å². The largest absolute Gasteiger partial charge is 0.496 e. The van der Waals surface area contributed by atoms with Crippen molar-refractivity contribution in [3.63, 3.8) is 0 Å². The standard InChI is InChI=1S/C21H19Br2N3O2/c1-13-9-15(14(2)26(13)18-6-4-5-16(22)10-18)12-24-25-21(27)19-11-17(23)7-8-20(19)28-3/h4-12H,1-3H3,(H,25,27)/b24-12-. The molecule has 0 fully saturated rings. The third-order valence-electron chi connectivity index (χ3n) is 4.31. The number of hydrogen-bond acceptors (Lipinski definition) is 3. The average molecular weight is 505 g/mol. The molecule has 0 spiro atoms. The number of hydrogen-bond donors (Lipinski definition) is 1. The third kappa shape index (κ3) is 4.36. The first-order chi connectivity index (χ1) is 13.4. The summed E-state index contributed by atoms with van der Waals surface area (Å²) in [6.45, 7) is 4.06. The molecule has 7 heteroatoms. The van der Waals surface area contributed by atoms with Crippen LogP contribution in [0, 0.1) is 13.8 Å². The predicted molar refractivity (Wildman–Crippen MR) is 119 cm³/mol. The lowest BCUT2D eigenvalue weighted by Crippen LogP contribution is -2.18. The van der Waals surface area contributed by atoms with Gasteiger partial charge in [0.25, 0.3) is 5.91 Å². The van der Waals surface area contributed by atoms with Crippen LogP contribution in [0.1, 0.15) is 27.3 Å². The second-order valence-electron chi connectivity index (χ2n) is 6.19. The molecule has 2 aromatic carbocycles. The van der Waals surface area contributed by atoms with Crippen molar-refractivity contribution in [2.24, 2.45) is 5.10 Å². The first kappa shape index (κ1) is 20.4. The van der Waals surface area contributed by atoms with Gasteiger partial charge in [0.15, 0.2) is 0 Å². The Morgan fingerprint density at radius 1 is 1.11 bits per heavy atom. The number of methoxy groups -OCH3 is 1. The van der Waals surface area contributed by atoms with E-state index in [9.17, 15) is 4.79 Å². The molecule has 0 radical (unpaired) electrons. The summed E-state index contributed by atoms with van der Waals surface area (Å²) >= 11 is 6.88. The maximum absolute atomic E-state index is 12.4. The molecule has 0 atom stereocenters. The monoisotopic (exact) mass is 503 g/mol. The predicted octanol–water partition coefficient (Wildman–Crippen LogP) is 5.39. The molecule has 0 saturated heterocycles. The van der Waals surface area contributed by atoms with E-state index in [0.29, 0.717) is 11.3 Å². The summed E-state index contributed by atoms with van der Waals surface area (Å²) in [6.07, 6.45) is 1.65. The molecule has 28 heavy (non-hydrogen) atoms. The smallest absolute Gasteiger partial charge is 0.275 e. The highest BCUT2D eigenvalue weighted by Gasteiger charge is 2.13. The Labute approximate surface area is 180 Å². The number of amides is 1. The SMILES string of the molecule is COc1ccc(Br)cc1C(=O)N/N=C\c1cc(C)n(-c2cccc(Br)c2)c1C. The average Bonchev–Trinajstić information content (AvgIpc) is 2.95. The number of aromatic nitrogens is 1. The molecular weight excluding hydrogens is 486 g/mol. The second-order valence-corrected chi connectivity index (χ2v) is 8.02. The van der Waals surface area contributed by atoms with Crippen molar-refractivity contribution in [2.75, 3.05) is 7.11 Å². The topological polar surface area (TPSA) is 55.6 Å². The lowest BCUT2D eigenvalue weighted by Gasteiger charge is -2.10. The number of nitrogens with zero attached hydrogens (tertiary/aromatic N) is 2. The van der Waals surface area contributed by atoms with Gasteiger partial charge in [0.1, 0.15) is 5.75 Å². The fraction of sp³-hybridized carbons (Fsp3) is 0.143. The van der Waals surface area contributed by atoms with Crippen molar-refractivity contribution >= 4 is 44.0 Å². The zero-order valence-electron chi connectivity index (χ0n) is 15.7. The van der Waals surface area contributed by atoms with Crippen LogP contribution in [0.15, 0.2) is 62.6 Å². The maximum atomic E-state index is 12.4. The van der Waals surface area contributed by atoms with Crippen LogP contribution >= 0.6 is 31.9 Å². The lowest BCUT2D eigenvalue weighted by atomic mass is 10.2. The third-order valence-corrected chi connectivity index (χ3v) is 5.30. The summed E-state index contributed by atoms with van der Waals surface area (Å²) in [6, 6.07) is 15.4. The lowest BCUT2D eigenvalue weighted by molar-refractivity contribution is 0.0952. The van der Waals surface area contributed by atoms with Crippen LogP contribution in [-0.2, 0) is 0 Å². The Hall–Kier alpha value is -2.38. The van der Waals surface area contributed by atoms with E-state index in [4.69, 9.17) is 4.74 Å². The molecule has 3 aromatic rings. The van der Waals surface area contributed by atoms with Crippen molar-refractivity contribution in [1.29, 1.82) is 0 Å². The van der Waals surface area contributed by atoms with Crippen molar-refractivity contribution in [3.8, 4) is 11.4 Å². The molecule has 144 valence electrons. The molecular formula is C21H19Br2N3O2. The van der Waals surface area contributed by atoms with Crippen LogP contribution in [-0.4, -0.2) is 23.8 Å². The van der Waals surface area contributed by atoms with E-state index in [0.717, 1.165) is 31.6 Å². The fourth-order valence-corrected chi connectivity index (χ4v) is 3.76. The Bertz CT molecular complexity index is 1060. The van der Waals surface area contributed by atoms with Crippen LogP contribution in [0.5, 0.6) is 5.75 Å². The van der Waals surface area contributed by atoms with E-state index < -0.39 is 0 Å². The molecule has 0 saturated carbocycles. The molecule has 5 nitrogen and oxygen atoms in total. The normalized spacial score (nSPS) is 11.0. The minimum atomic E-state index is -0.338. The van der Waals surface area contributed by atoms with Crippen LogP contribution in [0.2, 0.25) is 0 Å². The first-order valence-electron chi connectivity index (χ1n) is 8.52. The number of aryl methyl sites for hydroxylation is 1. The number of benzene rings is 2. The summed E-state index contributed by atoms with van der Waals surface area (Å²) in [7, 11) is 1.53. The van der Waals surface area contributed by atoms with Gasteiger partial charge in [0.2, 0.25) is 0 Å². The van der Waals surface area contributed by atoms with Gasteiger partial charge in [-0.3, -0.25) is 4.79 Å². The summed E-state index contributed by atoms with van der Waals surface area (Å²) in [5.41, 5.74) is 7.09. The first-order valence-corrected chi connectivity index (χ1v) is 10.1. The van der Waals surface area contributed by atoms with Crippen LogP contribution in [0.25, 0.3) is 5.69 Å². The molecule has 1 aromatic heterocycles. The highest BCUT2D eigenvalue weighted by atomic mass is 79.9. The van der Waals surface area contributed by atoms with Crippen molar-refractivity contribution in [2.45, 2.75) is 13.8 Å². The summed E-state index contributed by atoms with van der Waals surface area (Å²) in [5.74, 6) is 0.152. The summed E-state index contributed by atoms with van der Waals surface area (Å²) in [4.78, 5) is 12.4. The second kappa shape index (κ2) is 8.75. The minimum absolute atomic E-state index is 0.338. The number of hydrazone groups is 1. The zero-order valence-corrected chi connectivity index (χ0v) is 18.8. The van der Waals surface area contributed by atoms with Gasteiger partial charge in [-0.05, 0) is 56.3 Å². The van der Waals surface area contributed by atoms with Gasteiger partial charge in [0, 0.05) is 31.6 Å². The highest BCUT2D eigenvalue weighted by molar-refractivity contribution is 9.10. The molecule has 0 aliphatic heterocycles. The van der Waals surface area contributed by atoms with Gasteiger partial charge in [-0.25, -0.2) is 5.43 Å². The van der Waals surface area contributed by atoms with E-state index in [1.54, 1.807) is 18.3 Å². The number of nitrogens with one attached hydrogen (secondary N) is 1. The van der Waals surface area contributed by atoms with E-state index in [2.05, 4.69) is 53.0 Å². The molecule has 1 amide bonds. The molecule has 0 aliphatic rings. The highest BCUT2D eigenvalue weighted by Crippen LogP contribution is 2.24. The van der Waals surface area contributed by atoms with Gasteiger partial charge in [-0.1, -0.05) is 37.9 Å². The molecule has 3 rings (SSSR count). The van der Waals surface area contributed by atoms with Crippen molar-refractivity contribution in [3.05, 3.63) is 80.0 Å². The number of carbonyl (C=O) groups excluding carboxylic acids is 1. The Balaban J connectivity index is 1.81. The van der Waals surface area contributed by atoms with Crippen molar-refractivity contribution < 1.29 is 9.53 Å². The molecule has 0 unspecified atom stereocenters. The minimum Gasteiger partial charge on any atom is -0.496 e. The Morgan fingerprint density at radius 2 is 1.86 bits per heavy atom. The van der Waals surface area contributed by atoms with Gasteiger partial charge < -0.3 is 9.30 Å². The summed E-state index contributed by atoms with van der Waals surface area (Å²) in [5, 5.41) is 4.13. The van der Waals surface area contributed by atoms with Crippen LogP contribution < -0.4 is 10.2 Å². The van der Waals surface area contributed by atoms with Crippen LogP contribution in [0.4, 0.5) is 0 Å². The Kier molecular flexibility index (Phi) is 6.36. The van der Waals surface area contributed by atoms with Gasteiger partial charge in [0.05, 0.1) is 18.9 Å². The van der Waals surface area contributed by atoms with E-state index >= 15 is 0 Å². The van der Waals surface area contributed by atoms with Gasteiger partial charge in [-0.15, -0.1) is 0 Å². The summed E-state index contributed by atoms with van der Waals surface area (Å²) < 4.78 is 9.19. The Morgan fingerprint density at radius 3 is 2.57 bits per heavy atom. The molecule has 0 bridgehead atoms. The van der Waals surface area contributed by atoms with E-state index in [1.165, 1.54) is 7.11 Å². The van der Waals surface area contributed by atoms with E-state index in [1.807, 2.05) is 44.2 Å². The number of ether oxygens (including phenoxy) is 1. The number of halogens is 2. The van der Waals surface area contributed by atoms with Crippen LogP contribution in [0.3, 0.4) is 0 Å². The molecule has 1 heterocycles. The fourth-order valence-electron chi connectivity index (χ4n) is 3.01.